The summed E-state index contributed by atoms with van der Waals surface area (Å²) in [5.41, 5.74) is 0.0260. The van der Waals surface area contributed by atoms with Crippen molar-refractivity contribution in [3.05, 3.63) is 28.5 Å². The molecule has 62 valence electrons. The van der Waals surface area contributed by atoms with E-state index >= 15 is 0 Å². The van der Waals surface area contributed by atoms with Gasteiger partial charge >= 0.3 is 5.97 Å². The fourth-order valence-electron chi connectivity index (χ4n) is 0.665. The Balaban J connectivity index is 3.22. The lowest BCUT2D eigenvalue weighted by Crippen LogP contribution is -1.99. The number of rotatable bonds is 2. The quantitative estimate of drug-likeness (QED) is 0.556. The van der Waals surface area contributed by atoms with Crippen LogP contribution in [0.4, 0.5) is 0 Å². The monoisotopic (exact) mass is 185 g/mol. The molecule has 1 aromatic heterocycles. The topological polar surface area (TPSA) is 67.3 Å². The van der Waals surface area contributed by atoms with Crippen LogP contribution in [0.25, 0.3) is 0 Å². The van der Waals surface area contributed by atoms with E-state index in [0.717, 1.165) is 6.20 Å². The Morgan fingerprint density at radius 1 is 1.67 bits per heavy atom. The van der Waals surface area contributed by atoms with E-state index in [2.05, 4.69) is 4.98 Å². The first-order valence-electron chi connectivity index (χ1n) is 2.99. The molecule has 0 saturated carbocycles. The number of aldehydes is 1. The second-order valence-corrected chi connectivity index (χ2v) is 2.39. The number of carbonyl (C=O) groups excluding carboxylic acids is 1. The first-order valence-corrected chi connectivity index (χ1v) is 3.37. The molecule has 1 N–H and O–H groups in total. The van der Waals surface area contributed by atoms with Gasteiger partial charge in [0, 0.05) is 6.20 Å². The summed E-state index contributed by atoms with van der Waals surface area (Å²) in [6.45, 7) is 0. The Labute approximate surface area is 72.8 Å². The molecule has 1 rings (SSSR count). The average molecular weight is 186 g/mol. The van der Waals surface area contributed by atoms with Gasteiger partial charge in [0.05, 0.1) is 11.1 Å². The summed E-state index contributed by atoms with van der Waals surface area (Å²) in [6.07, 6.45) is 1.56. The zero-order valence-electron chi connectivity index (χ0n) is 5.82. The number of carbonyl (C=O) groups is 2. The Morgan fingerprint density at radius 2 is 2.33 bits per heavy atom. The van der Waals surface area contributed by atoms with Crippen LogP contribution in [0, 0.1) is 0 Å². The Hall–Kier alpha value is -1.42. The van der Waals surface area contributed by atoms with Crippen molar-refractivity contribution in [2.45, 2.75) is 0 Å². The molecular weight excluding hydrogens is 182 g/mol. The smallest absolute Gasteiger partial charge is 0.337 e. The van der Waals surface area contributed by atoms with Crippen molar-refractivity contribution < 1.29 is 14.7 Å². The third-order valence-electron chi connectivity index (χ3n) is 1.24. The maximum atomic E-state index is 10.4. The number of carboxylic acids is 1. The zero-order valence-corrected chi connectivity index (χ0v) is 6.58. The molecule has 4 nitrogen and oxygen atoms in total. The number of aromatic carboxylic acids is 1. The van der Waals surface area contributed by atoms with Crippen molar-refractivity contribution >= 4 is 23.9 Å². The predicted octanol–water partition coefficient (Wildman–Crippen LogP) is 1.25. The summed E-state index contributed by atoms with van der Waals surface area (Å²) < 4.78 is 0. The second-order valence-electron chi connectivity index (χ2n) is 2.03. The summed E-state index contributed by atoms with van der Waals surface area (Å²) in [5.74, 6) is -1.14. The Bertz CT molecular complexity index is 337. The molecule has 0 aromatic carbocycles. The maximum Gasteiger partial charge on any atom is 0.337 e. The minimum atomic E-state index is -1.14. The van der Waals surface area contributed by atoms with Crippen LogP contribution in [-0.4, -0.2) is 22.3 Å². The van der Waals surface area contributed by atoms with Crippen LogP contribution >= 0.6 is 11.6 Å². The lowest BCUT2D eigenvalue weighted by molar-refractivity contribution is 0.0696. The predicted molar refractivity (Wildman–Crippen MR) is 41.6 cm³/mol. The number of hydrogen-bond acceptors (Lipinski definition) is 3. The largest absolute Gasteiger partial charge is 0.478 e. The van der Waals surface area contributed by atoms with Gasteiger partial charge in [0.15, 0.2) is 6.29 Å². The minimum Gasteiger partial charge on any atom is -0.478 e. The number of aromatic nitrogens is 1. The van der Waals surface area contributed by atoms with Crippen molar-refractivity contribution in [1.29, 1.82) is 0 Å². The van der Waals surface area contributed by atoms with E-state index in [9.17, 15) is 9.59 Å². The lowest BCUT2D eigenvalue weighted by atomic mass is 10.2. The van der Waals surface area contributed by atoms with E-state index < -0.39 is 5.97 Å². The van der Waals surface area contributed by atoms with Gasteiger partial charge in [-0.05, 0) is 6.07 Å². The van der Waals surface area contributed by atoms with Crippen LogP contribution < -0.4 is 0 Å². The Kier molecular flexibility index (Phi) is 2.40. The highest BCUT2D eigenvalue weighted by molar-refractivity contribution is 6.31. The fourth-order valence-corrected chi connectivity index (χ4v) is 0.813. The summed E-state index contributed by atoms with van der Waals surface area (Å²) in [5, 5.41) is 8.51. The van der Waals surface area contributed by atoms with Crippen LogP contribution in [-0.2, 0) is 0 Å². The number of pyridine rings is 1. The van der Waals surface area contributed by atoms with Gasteiger partial charge in [-0.1, -0.05) is 11.6 Å². The van der Waals surface area contributed by atoms with Gasteiger partial charge in [-0.25, -0.2) is 9.78 Å². The molecule has 0 radical (unpaired) electrons. The minimum absolute atomic E-state index is 0.00926. The van der Waals surface area contributed by atoms with Crippen molar-refractivity contribution in [1.82, 2.24) is 4.98 Å². The van der Waals surface area contributed by atoms with Crippen molar-refractivity contribution in [3.8, 4) is 0 Å². The molecule has 0 saturated heterocycles. The van der Waals surface area contributed by atoms with Crippen LogP contribution in [0.2, 0.25) is 5.15 Å². The fraction of sp³-hybridized carbons (Fsp3) is 0. The van der Waals surface area contributed by atoms with Gasteiger partial charge in [0.2, 0.25) is 0 Å². The highest BCUT2D eigenvalue weighted by Gasteiger charge is 2.06. The summed E-state index contributed by atoms with van der Waals surface area (Å²) in [6, 6.07) is 1.17. The molecule has 5 heteroatoms. The molecule has 0 aliphatic heterocycles. The van der Waals surface area contributed by atoms with Gasteiger partial charge in [-0.2, -0.15) is 0 Å². The first-order chi connectivity index (χ1) is 5.65. The molecular formula is C7H4ClNO3. The summed E-state index contributed by atoms with van der Waals surface area (Å²) >= 11 is 5.47. The van der Waals surface area contributed by atoms with E-state index in [1.807, 2.05) is 0 Å². The van der Waals surface area contributed by atoms with Gasteiger partial charge in [-0.15, -0.1) is 0 Å². The number of nitrogens with zero attached hydrogens (tertiary/aromatic N) is 1. The van der Waals surface area contributed by atoms with E-state index in [1.54, 1.807) is 0 Å². The van der Waals surface area contributed by atoms with Crippen molar-refractivity contribution in [2.75, 3.05) is 0 Å². The van der Waals surface area contributed by atoms with Crippen LogP contribution in [0.3, 0.4) is 0 Å². The maximum absolute atomic E-state index is 10.4. The van der Waals surface area contributed by atoms with E-state index in [0.29, 0.717) is 6.29 Å². The van der Waals surface area contributed by atoms with Gasteiger partial charge in [0.1, 0.15) is 5.15 Å². The molecule has 0 fully saturated rings. The molecule has 0 spiro atoms. The molecule has 0 aliphatic carbocycles. The van der Waals surface area contributed by atoms with E-state index in [4.69, 9.17) is 16.7 Å². The molecule has 0 bridgehead atoms. The number of carboxylic acid groups (broad SMARTS) is 1. The lowest BCUT2D eigenvalue weighted by Gasteiger charge is -1.96. The van der Waals surface area contributed by atoms with Gasteiger partial charge < -0.3 is 5.11 Å². The molecule has 0 aliphatic rings. The third kappa shape index (κ3) is 1.60. The van der Waals surface area contributed by atoms with Crippen LogP contribution in [0.1, 0.15) is 20.7 Å². The highest BCUT2D eigenvalue weighted by Crippen LogP contribution is 2.11. The molecule has 0 amide bonds. The van der Waals surface area contributed by atoms with E-state index in [1.165, 1.54) is 6.07 Å². The molecule has 1 heterocycles. The molecule has 0 atom stereocenters. The SMILES string of the molecule is O=Cc1cc(C(=O)O)cnc1Cl. The first kappa shape index (κ1) is 8.67. The average Bonchev–Trinajstić information content (AvgIpc) is 2.05. The van der Waals surface area contributed by atoms with E-state index in [-0.39, 0.29) is 16.3 Å². The standard InChI is InChI=1S/C7H4ClNO3/c8-6-5(3-10)1-4(2-9-6)7(11)12/h1-3H,(H,11,12). The normalized spacial score (nSPS) is 9.42. The second kappa shape index (κ2) is 3.32. The van der Waals surface area contributed by atoms with Crippen molar-refractivity contribution in [2.24, 2.45) is 0 Å². The molecule has 1 aromatic rings. The van der Waals surface area contributed by atoms with Gasteiger partial charge in [0.25, 0.3) is 0 Å². The molecule has 0 unspecified atom stereocenters. The van der Waals surface area contributed by atoms with Crippen LogP contribution in [0.15, 0.2) is 12.3 Å². The summed E-state index contributed by atoms with van der Waals surface area (Å²) in [4.78, 5) is 24.2. The van der Waals surface area contributed by atoms with Crippen molar-refractivity contribution in [3.63, 3.8) is 0 Å². The zero-order chi connectivity index (χ0) is 9.14. The number of halogens is 1. The van der Waals surface area contributed by atoms with Crippen LogP contribution in [0.5, 0.6) is 0 Å². The highest BCUT2D eigenvalue weighted by atomic mass is 35.5. The molecule has 12 heavy (non-hydrogen) atoms. The number of hydrogen-bond donors (Lipinski definition) is 1. The van der Waals surface area contributed by atoms with Gasteiger partial charge in [-0.3, -0.25) is 4.79 Å². The summed E-state index contributed by atoms with van der Waals surface area (Å²) in [7, 11) is 0. The third-order valence-corrected chi connectivity index (χ3v) is 1.56. The Morgan fingerprint density at radius 3 is 2.83 bits per heavy atom.